The van der Waals surface area contributed by atoms with Crippen LogP contribution in [0.3, 0.4) is 0 Å². The molecule has 0 spiro atoms. The molecule has 0 fully saturated rings. The molecular weight excluding hydrogens is 300 g/mol. The summed E-state index contributed by atoms with van der Waals surface area (Å²) < 4.78 is 11.7. The first-order chi connectivity index (χ1) is 11.0. The molecule has 0 N–H and O–H groups in total. The van der Waals surface area contributed by atoms with Crippen LogP contribution >= 0.6 is 0 Å². The van der Waals surface area contributed by atoms with Gasteiger partial charge in [-0.25, -0.2) is 0 Å². The summed E-state index contributed by atoms with van der Waals surface area (Å²) in [6.07, 6.45) is 6.27. The Labute approximate surface area is 142 Å². The van der Waals surface area contributed by atoms with E-state index in [1.165, 1.54) is 5.56 Å². The number of unbranched alkanes of at least 4 members (excludes halogenated alkanes) is 1. The maximum absolute atomic E-state index is 6.04. The Morgan fingerprint density at radius 1 is 1.17 bits per heavy atom. The molecule has 2 nitrogen and oxygen atoms in total. The van der Waals surface area contributed by atoms with Gasteiger partial charge in [0.1, 0.15) is 0 Å². The summed E-state index contributed by atoms with van der Waals surface area (Å²) in [7, 11) is -1.47. The summed E-state index contributed by atoms with van der Waals surface area (Å²) in [6.45, 7) is 8.14. The molecule has 1 aliphatic rings. The quantitative estimate of drug-likeness (QED) is 0.392. The molecule has 0 saturated carbocycles. The molecule has 124 valence electrons. The molecule has 23 heavy (non-hydrogen) atoms. The number of rotatable bonds is 7. The topological polar surface area (TPSA) is 18.5 Å². The Morgan fingerprint density at radius 3 is 2.70 bits per heavy atom. The molecule has 1 unspecified atom stereocenters. The minimum absolute atomic E-state index is 0.381. The maximum Gasteiger partial charge on any atom is 0.241 e. The lowest BCUT2D eigenvalue weighted by Gasteiger charge is -2.19. The molecule has 1 aromatic rings. The third kappa shape index (κ3) is 7.54. The normalized spacial score (nSPS) is 17.3. The first-order valence-corrected chi connectivity index (χ1v) is 11.9. The molecule has 0 bridgehead atoms. The van der Waals surface area contributed by atoms with Crippen LogP contribution in [0.5, 0.6) is 0 Å². The van der Waals surface area contributed by atoms with E-state index in [2.05, 4.69) is 49.7 Å². The zero-order chi connectivity index (χ0) is 16.5. The molecule has 1 aromatic carbocycles. The van der Waals surface area contributed by atoms with Crippen LogP contribution in [0.25, 0.3) is 0 Å². The zero-order valence-corrected chi connectivity index (χ0v) is 15.6. The molecule has 0 amide bonds. The summed E-state index contributed by atoms with van der Waals surface area (Å²) in [6, 6.07) is 10.3. The van der Waals surface area contributed by atoms with E-state index in [4.69, 9.17) is 9.16 Å². The van der Waals surface area contributed by atoms with Gasteiger partial charge in [0.25, 0.3) is 0 Å². The predicted octanol–water partition coefficient (Wildman–Crippen LogP) is 5.13. The van der Waals surface area contributed by atoms with Gasteiger partial charge in [0, 0.05) is 25.4 Å². The number of ether oxygens (including phenoxy) is 1. The predicted molar refractivity (Wildman–Crippen MR) is 98.3 cm³/mol. The SMILES string of the molecule is C[Si](C)(C)OC1=CC(C#CCCCOCc2ccccc2)CC1. The highest BCUT2D eigenvalue weighted by Crippen LogP contribution is 2.26. The molecule has 0 radical (unpaired) electrons. The van der Waals surface area contributed by atoms with Gasteiger partial charge in [0.05, 0.1) is 12.4 Å². The monoisotopic (exact) mass is 328 g/mol. The van der Waals surface area contributed by atoms with E-state index in [-0.39, 0.29) is 0 Å². The van der Waals surface area contributed by atoms with Crippen molar-refractivity contribution in [2.45, 2.75) is 51.9 Å². The van der Waals surface area contributed by atoms with Crippen LogP contribution in [0, 0.1) is 17.8 Å². The van der Waals surface area contributed by atoms with Gasteiger partial charge >= 0.3 is 0 Å². The van der Waals surface area contributed by atoms with Crippen molar-refractivity contribution >= 4 is 8.32 Å². The second-order valence-corrected chi connectivity index (χ2v) is 11.4. The van der Waals surface area contributed by atoms with Crippen molar-refractivity contribution in [2.24, 2.45) is 5.92 Å². The second kappa shape index (κ2) is 8.96. The van der Waals surface area contributed by atoms with Crippen molar-refractivity contribution in [3.05, 3.63) is 47.7 Å². The van der Waals surface area contributed by atoms with E-state index >= 15 is 0 Å². The Morgan fingerprint density at radius 2 is 1.96 bits per heavy atom. The summed E-state index contributed by atoms with van der Waals surface area (Å²) in [5.41, 5.74) is 1.23. The summed E-state index contributed by atoms with van der Waals surface area (Å²) in [5, 5.41) is 0. The lowest BCUT2D eigenvalue weighted by Crippen LogP contribution is -2.24. The van der Waals surface area contributed by atoms with Crippen molar-refractivity contribution < 1.29 is 9.16 Å². The lowest BCUT2D eigenvalue weighted by atomic mass is 10.1. The Kier molecular flexibility index (Phi) is 6.95. The molecule has 2 rings (SSSR count). The van der Waals surface area contributed by atoms with E-state index < -0.39 is 8.32 Å². The zero-order valence-electron chi connectivity index (χ0n) is 14.6. The average molecular weight is 329 g/mol. The van der Waals surface area contributed by atoms with Gasteiger partial charge in [-0.2, -0.15) is 0 Å². The lowest BCUT2D eigenvalue weighted by molar-refractivity contribution is 0.119. The molecule has 0 aromatic heterocycles. The highest BCUT2D eigenvalue weighted by atomic mass is 28.4. The first kappa shape index (κ1) is 17.8. The minimum atomic E-state index is -1.47. The number of hydrogen-bond acceptors (Lipinski definition) is 2. The summed E-state index contributed by atoms with van der Waals surface area (Å²) >= 11 is 0. The van der Waals surface area contributed by atoms with Gasteiger partial charge in [-0.3, -0.25) is 0 Å². The van der Waals surface area contributed by atoms with Crippen LogP contribution in [0.2, 0.25) is 19.6 Å². The van der Waals surface area contributed by atoms with Gasteiger partial charge in [-0.05, 0) is 44.1 Å². The molecule has 0 heterocycles. The average Bonchev–Trinajstić information content (AvgIpc) is 2.92. The van der Waals surface area contributed by atoms with Crippen LogP contribution in [0.1, 0.15) is 31.2 Å². The van der Waals surface area contributed by atoms with E-state index in [0.717, 1.165) is 38.0 Å². The number of benzene rings is 1. The Hall–Kier alpha value is -1.50. The van der Waals surface area contributed by atoms with Crippen LogP contribution < -0.4 is 0 Å². The van der Waals surface area contributed by atoms with Crippen molar-refractivity contribution in [3.63, 3.8) is 0 Å². The first-order valence-electron chi connectivity index (χ1n) is 8.53. The second-order valence-electron chi connectivity index (χ2n) is 6.96. The van der Waals surface area contributed by atoms with Gasteiger partial charge < -0.3 is 9.16 Å². The van der Waals surface area contributed by atoms with E-state index in [9.17, 15) is 0 Å². The third-order valence-corrected chi connectivity index (χ3v) is 4.39. The fraction of sp³-hybridized carbons (Fsp3) is 0.500. The molecule has 1 aliphatic carbocycles. The fourth-order valence-corrected chi connectivity index (χ4v) is 3.47. The van der Waals surface area contributed by atoms with E-state index in [1.54, 1.807) is 0 Å². The highest BCUT2D eigenvalue weighted by Gasteiger charge is 2.21. The van der Waals surface area contributed by atoms with Gasteiger partial charge in [0.2, 0.25) is 8.32 Å². The number of allylic oxidation sites excluding steroid dienone is 2. The van der Waals surface area contributed by atoms with Crippen molar-refractivity contribution in [1.29, 1.82) is 0 Å². The van der Waals surface area contributed by atoms with Crippen molar-refractivity contribution in [2.75, 3.05) is 6.61 Å². The molecular formula is C20H28O2Si. The molecule has 1 atom stereocenters. The largest absolute Gasteiger partial charge is 0.548 e. The number of hydrogen-bond donors (Lipinski definition) is 0. The fourth-order valence-electron chi connectivity index (χ4n) is 2.51. The van der Waals surface area contributed by atoms with Gasteiger partial charge in [0.15, 0.2) is 0 Å². The van der Waals surface area contributed by atoms with Crippen molar-refractivity contribution in [1.82, 2.24) is 0 Å². The minimum Gasteiger partial charge on any atom is -0.548 e. The molecule has 0 saturated heterocycles. The summed E-state index contributed by atoms with van der Waals surface area (Å²) in [5.74, 6) is 8.19. The van der Waals surface area contributed by atoms with Crippen LogP contribution in [0.4, 0.5) is 0 Å². The smallest absolute Gasteiger partial charge is 0.241 e. The van der Waals surface area contributed by atoms with E-state index in [0.29, 0.717) is 12.5 Å². The van der Waals surface area contributed by atoms with Crippen LogP contribution in [-0.2, 0) is 15.8 Å². The van der Waals surface area contributed by atoms with Crippen LogP contribution in [0.15, 0.2) is 42.2 Å². The Bertz CT molecular complexity index is 561. The molecule has 3 heteroatoms. The third-order valence-electron chi connectivity index (χ3n) is 3.52. The van der Waals surface area contributed by atoms with Gasteiger partial charge in [-0.1, -0.05) is 36.3 Å². The van der Waals surface area contributed by atoms with Crippen LogP contribution in [-0.4, -0.2) is 14.9 Å². The Balaban J connectivity index is 1.59. The van der Waals surface area contributed by atoms with Crippen molar-refractivity contribution in [3.8, 4) is 11.8 Å². The standard InChI is InChI=1S/C20H28O2Si/c1-23(2,3)22-20-14-13-18(16-20)10-8-5-9-15-21-17-19-11-6-4-7-12-19/h4,6-7,11-12,16,18H,5,9,13-15,17H2,1-3H3. The highest BCUT2D eigenvalue weighted by molar-refractivity contribution is 6.70. The molecule has 0 aliphatic heterocycles. The van der Waals surface area contributed by atoms with E-state index in [1.807, 2.05) is 18.2 Å². The maximum atomic E-state index is 6.04. The van der Waals surface area contributed by atoms with Gasteiger partial charge in [-0.15, -0.1) is 5.92 Å². The summed E-state index contributed by atoms with van der Waals surface area (Å²) in [4.78, 5) is 0.